The van der Waals surface area contributed by atoms with Gasteiger partial charge in [-0.1, -0.05) is 12.2 Å². The number of ether oxygens (including phenoxy) is 1. The second kappa shape index (κ2) is 8.79. The highest BCUT2D eigenvalue weighted by atomic mass is 16.6. The Bertz CT molecular complexity index is 1230. The van der Waals surface area contributed by atoms with Crippen molar-refractivity contribution in [3.8, 4) is 5.75 Å². The zero-order valence-corrected chi connectivity index (χ0v) is 18.5. The van der Waals surface area contributed by atoms with Gasteiger partial charge >= 0.3 is 5.97 Å². The zero-order valence-electron chi connectivity index (χ0n) is 18.5. The molecule has 0 radical (unpaired) electrons. The normalized spacial score (nSPS) is 23.5. The molecular formula is C25H21N3O7. The summed E-state index contributed by atoms with van der Waals surface area (Å²) in [6, 6.07) is 11.7. The molecule has 2 aromatic carbocycles. The van der Waals surface area contributed by atoms with E-state index in [1.165, 1.54) is 46.2 Å². The van der Waals surface area contributed by atoms with Gasteiger partial charge in [0.2, 0.25) is 17.7 Å². The van der Waals surface area contributed by atoms with Crippen LogP contribution in [0.3, 0.4) is 0 Å². The molecule has 1 aliphatic carbocycles. The van der Waals surface area contributed by atoms with Crippen LogP contribution in [0.25, 0.3) is 0 Å². The van der Waals surface area contributed by atoms with Crippen molar-refractivity contribution in [2.45, 2.75) is 19.3 Å². The van der Waals surface area contributed by atoms with Gasteiger partial charge in [-0.2, -0.15) is 0 Å². The second-order valence-corrected chi connectivity index (χ2v) is 8.76. The molecule has 0 bridgehead atoms. The van der Waals surface area contributed by atoms with Crippen LogP contribution in [0.2, 0.25) is 0 Å². The van der Waals surface area contributed by atoms with Crippen LogP contribution in [-0.2, 0) is 19.2 Å². The van der Waals surface area contributed by atoms with Gasteiger partial charge in [-0.15, -0.1) is 0 Å². The number of rotatable bonds is 5. The van der Waals surface area contributed by atoms with Crippen molar-refractivity contribution in [2.75, 3.05) is 16.3 Å². The van der Waals surface area contributed by atoms with Gasteiger partial charge in [0.1, 0.15) is 5.75 Å². The van der Waals surface area contributed by atoms with Crippen molar-refractivity contribution in [1.29, 1.82) is 0 Å². The first kappa shape index (κ1) is 22.5. The summed E-state index contributed by atoms with van der Waals surface area (Å²) in [7, 11) is 0. The molecule has 0 unspecified atom stereocenters. The molecule has 3 aliphatic rings. The van der Waals surface area contributed by atoms with Gasteiger partial charge in [0, 0.05) is 30.8 Å². The Morgan fingerprint density at radius 3 is 2.03 bits per heavy atom. The fraction of sp³-hybridized carbons (Fsp3) is 0.280. The maximum absolute atomic E-state index is 12.7. The number of non-ortho nitro benzene ring substituents is 1. The van der Waals surface area contributed by atoms with E-state index in [1.807, 2.05) is 12.2 Å². The maximum Gasteiger partial charge on any atom is 0.316 e. The van der Waals surface area contributed by atoms with Crippen molar-refractivity contribution in [1.82, 2.24) is 0 Å². The fourth-order valence-corrected chi connectivity index (χ4v) is 4.79. The minimum atomic E-state index is -0.699. The van der Waals surface area contributed by atoms with E-state index in [0.717, 1.165) is 0 Å². The van der Waals surface area contributed by atoms with Crippen molar-refractivity contribution in [2.24, 2.45) is 17.8 Å². The number of esters is 1. The number of nitro benzene ring substituents is 1. The number of imide groups is 1. The smallest absolute Gasteiger partial charge is 0.316 e. The quantitative estimate of drug-likeness (QED) is 0.162. The van der Waals surface area contributed by atoms with Crippen LogP contribution >= 0.6 is 0 Å². The number of carbonyl (C=O) groups is 4. The first-order valence-corrected chi connectivity index (χ1v) is 11.2. The molecule has 10 nitrogen and oxygen atoms in total. The molecule has 2 fully saturated rings. The van der Waals surface area contributed by atoms with E-state index in [0.29, 0.717) is 24.2 Å². The van der Waals surface area contributed by atoms with Gasteiger partial charge in [0.05, 0.1) is 28.4 Å². The van der Waals surface area contributed by atoms with Gasteiger partial charge < -0.3 is 9.64 Å². The average molecular weight is 475 g/mol. The standard InChI is InChI=1S/C25H21N3O7/c29-22-13-15(14-26(22)16-5-7-18(8-6-16)28(33)34)25(32)35-19-11-9-17(10-12-19)27-23(30)20-3-1-2-4-21(20)24(27)31/h1-2,5-12,15,20-21H,3-4,13-14H2/t15-,20+,21+/m0/s1. The highest BCUT2D eigenvalue weighted by molar-refractivity contribution is 6.22. The van der Waals surface area contributed by atoms with E-state index in [4.69, 9.17) is 4.74 Å². The number of allylic oxidation sites excluding steroid dienone is 2. The number of carbonyl (C=O) groups excluding carboxylic acids is 4. The lowest BCUT2D eigenvalue weighted by molar-refractivity contribution is -0.384. The third-order valence-corrected chi connectivity index (χ3v) is 6.65. The van der Waals surface area contributed by atoms with E-state index >= 15 is 0 Å². The minimum Gasteiger partial charge on any atom is -0.426 e. The summed E-state index contributed by atoms with van der Waals surface area (Å²) in [4.78, 5) is 63.5. The summed E-state index contributed by atoms with van der Waals surface area (Å²) >= 11 is 0. The molecule has 10 heteroatoms. The van der Waals surface area contributed by atoms with Gasteiger partial charge in [0.25, 0.3) is 5.69 Å². The van der Waals surface area contributed by atoms with Crippen LogP contribution < -0.4 is 14.5 Å². The Labute approximate surface area is 199 Å². The predicted octanol–water partition coefficient (Wildman–Crippen LogP) is 3.01. The monoisotopic (exact) mass is 475 g/mol. The highest BCUT2D eigenvalue weighted by Gasteiger charge is 2.47. The van der Waals surface area contributed by atoms with Crippen molar-refractivity contribution < 1.29 is 28.8 Å². The fourth-order valence-electron chi connectivity index (χ4n) is 4.79. The third-order valence-electron chi connectivity index (χ3n) is 6.65. The summed E-state index contributed by atoms with van der Waals surface area (Å²) in [5, 5.41) is 10.8. The Hall–Kier alpha value is -4.34. The number of hydrogen-bond acceptors (Lipinski definition) is 7. The van der Waals surface area contributed by atoms with Crippen molar-refractivity contribution in [3.63, 3.8) is 0 Å². The van der Waals surface area contributed by atoms with Crippen LogP contribution in [0, 0.1) is 27.9 Å². The van der Waals surface area contributed by atoms with Gasteiger partial charge in [-0.05, 0) is 49.2 Å². The van der Waals surface area contributed by atoms with Crippen LogP contribution in [0.5, 0.6) is 5.75 Å². The number of hydrogen-bond donors (Lipinski definition) is 0. The maximum atomic E-state index is 12.7. The number of fused-ring (bicyclic) bond motifs is 1. The number of benzene rings is 2. The third kappa shape index (κ3) is 4.07. The molecule has 2 heterocycles. The van der Waals surface area contributed by atoms with Crippen LogP contribution in [0.15, 0.2) is 60.7 Å². The van der Waals surface area contributed by atoms with E-state index in [-0.39, 0.29) is 54.0 Å². The molecular weight excluding hydrogens is 454 g/mol. The van der Waals surface area contributed by atoms with Gasteiger partial charge in [-0.25, -0.2) is 0 Å². The summed E-state index contributed by atoms with van der Waals surface area (Å²) in [5.74, 6) is -2.42. The molecule has 35 heavy (non-hydrogen) atoms. The van der Waals surface area contributed by atoms with E-state index in [9.17, 15) is 29.3 Å². The number of anilines is 2. The first-order chi connectivity index (χ1) is 16.8. The number of nitrogens with zero attached hydrogens (tertiary/aromatic N) is 3. The van der Waals surface area contributed by atoms with Gasteiger partial charge in [-0.3, -0.25) is 34.2 Å². The highest BCUT2D eigenvalue weighted by Crippen LogP contribution is 2.38. The SMILES string of the molecule is O=C(Oc1ccc(N2C(=O)[C@@H]3CC=CC[C@H]3C2=O)cc1)[C@H]1CC(=O)N(c2ccc([N+](=O)[O-])cc2)C1. The molecule has 0 saturated carbocycles. The Balaban J connectivity index is 1.23. The zero-order chi connectivity index (χ0) is 24.7. The second-order valence-electron chi connectivity index (χ2n) is 8.76. The lowest BCUT2D eigenvalue weighted by Crippen LogP contribution is -2.30. The van der Waals surface area contributed by atoms with Crippen molar-refractivity contribution >= 4 is 40.8 Å². The molecule has 2 aliphatic heterocycles. The van der Waals surface area contributed by atoms with Crippen LogP contribution in [-0.4, -0.2) is 35.2 Å². The van der Waals surface area contributed by atoms with Crippen LogP contribution in [0.1, 0.15) is 19.3 Å². The summed E-state index contributed by atoms with van der Waals surface area (Å²) < 4.78 is 5.44. The summed E-state index contributed by atoms with van der Waals surface area (Å²) in [5.41, 5.74) is 0.804. The largest absolute Gasteiger partial charge is 0.426 e. The lowest BCUT2D eigenvalue weighted by atomic mass is 9.85. The molecule has 3 amide bonds. The number of amides is 3. The van der Waals surface area contributed by atoms with E-state index < -0.39 is 16.8 Å². The molecule has 5 rings (SSSR count). The summed E-state index contributed by atoms with van der Waals surface area (Å²) in [6.07, 6.45) is 4.92. The van der Waals surface area contributed by atoms with Crippen molar-refractivity contribution in [3.05, 3.63) is 70.8 Å². The molecule has 2 saturated heterocycles. The predicted molar refractivity (Wildman–Crippen MR) is 123 cm³/mol. The molecule has 0 aromatic heterocycles. The average Bonchev–Trinajstić information content (AvgIpc) is 3.37. The molecule has 2 aromatic rings. The first-order valence-electron chi connectivity index (χ1n) is 11.2. The van der Waals surface area contributed by atoms with E-state index in [1.54, 1.807) is 12.1 Å². The molecule has 0 N–H and O–H groups in total. The molecule has 178 valence electrons. The van der Waals surface area contributed by atoms with Crippen LogP contribution in [0.4, 0.5) is 17.1 Å². The topological polar surface area (TPSA) is 127 Å². The Kier molecular flexibility index (Phi) is 5.64. The minimum absolute atomic E-state index is 0.0402. The Morgan fingerprint density at radius 2 is 1.46 bits per heavy atom. The molecule has 3 atom stereocenters. The van der Waals surface area contributed by atoms with Gasteiger partial charge in [0.15, 0.2) is 0 Å². The number of nitro groups is 1. The lowest BCUT2D eigenvalue weighted by Gasteiger charge is -2.17. The molecule has 0 spiro atoms. The van der Waals surface area contributed by atoms with E-state index in [2.05, 4.69) is 0 Å². The summed E-state index contributed by atoms with van der Waals surface area (Å²) in [6.45, 7) is 0.0984. The Morgan fingerprint density at radius 1 is 0.886 bits per heavy atom.